The topological polar surface area (TPSA) is 112 Å². The first-order valence-corrected chi connectivity index (χ1v) is 11.4. The quantitative estimate of drug-likeness (QED) is 0.493. The number of hydrogen-bond acceptors (Lipinski definition) is 6. The number of urea groups is 1. The van der Waals surface area contributed by atoms with Gasteiger partial charge in [-0.3, -0.25) is 19.3 Å². The maximum atomic E-state index is 13.2. The molecule has 33 heavy (non-hydrogen) atoms. The van der Waals surface area contributed by atoms with Gasteiger partial charge in [0.05, 0.1) is 13.1 Å². The number of benzene rings is 1. The average Bonchev–Trinajstić information content (AvgIpc) is 3.52. The van der Waals surface area contributed by atoms with E-state index in [-0.39, 0.29) is 24.8 Å². The third-order valence-corrected chi connectivity index (χ3v) is 6.47. The zero-order valence-corrected chi connectivity index (χ0v) is 19.1. The molecule has 1 atom stereocenters. The SMILES string of the molecule is CCN(CC(=O)NCc1cccs1)C(=O)CN1C(=O)NC(C)(c2cc3ccccc3o2)C1=O. The molecule has 172 valence electrons. The van der Waals surface area contributed by atoms with E-state index in [2.05, 4.69) is 10.6 Å². The van der Waals surface area contributed by atoms with Gasteiger partial charge in [0.2, 0.25) is 11.8 Å². The Morgan fingerprint density at radius 2 is 2.00 bits per heavy atom. The van der Waals surface area contributed by atoms with Crippen molar-refractivity contribution in [2.45, 2.75) is 25.9 Å². The third kappa shape index (κ3) is 4.47. The Morgan fingerprint density at radius 1 is 1.21 bits per heavy atom. The molecule has 2 aromatic heterocycles. The zero-order valence-electron chi connectivity index (χ0n) is 18.3. The molecule has 1 saturated heterocycles. The number of nitrogens with zero attached hydrogens (tertiary/aromatic N) is 2. The predicted octanol–water partition coefficient (Wildman–Crippen LogP) is 2.43. The summed E-state index contributed by atoms with van der Waals surface area (Å²) in [5.41, 5.74) is -0.832. The van der Waals surface area contributed by atoms with Crippen LogP contribution in [-0.2, 0) is 26.5 Å². The summed E-state index contributed by atoms with van der Waals surface area (Å²) in [5, 5.41) is 8.13. The van der Waals surface area contributed by atoms with Crippen molar-refractivity contribution in [2.75, 3.05) is 19.6 Å². The van der Waals surface area contributed by atoms with Crippen LogP contribution in [0.1, 0.15) is 24.5 Å². The number of rotatable bonds is 8. The lowest BCUT2D eigenvalue weighted by Gasteiger charge is -2.23. The average molecular weight is 469 g/mol. The van der Waals surface area contributed by atoms with Crippen LogP contribution >= 0.6 is 11.3 Å². The van der Waals surface area contributed by atoms with Crippen LogP contribution in [0, 0.1) is 0 Å². The fraction of sp³-hybridized carbons (Fsp3) is 0.304. The molecule has 3 aromatic rings. The second-order valence-corrected chi connectivity index (χ2v) is 8.89. The standard InChI is InChI=1S/C23H24N4O5S/c1-3-26(13-19(28)24-12-16-8-6-10-33-16)20(29)14-27-21(30)23(2,25-22(27)31)18-11-15-7-4-5-9-17(15)32-18/h4-11H,3,12-14H2,1-2H3,(H,24,28)(H,25,31). The molecule has 1 aromatic carbocycles. The number of para-hydroxylation sites is 1. The van der Waals surface area contributed by atoms with Gasteiger partial charge in [-0.25, -0.2) is 4.79 Å². The number of imide groups is 1. The third-order valence-electron chi connectivity index (χ3n) is 5.60. The first-order chi connectivity index (χ1) is 15.8. The highest BCUT2D eigenvalue weighted by Gasteiger charge is 2.52. The highest BCUT2D eigenvalue weighted by atomic mass is 32.1. The molecule has 2 N–H and O–H groups in total. The summed E-state index contributed by atoms with van der Waals surface area (Å²) in [6.45, 7) is 3.29. The Morgan fingerprint density at radius 3 is 2.70 bits per heavy atom. The van der Waals surface area contributed by atoms with Gasteiger partial charge in [0.25, 0.3) is 5.91 Å². The first-order valence-electron chi connectivity index (χ1n) is 10.5. The Hall–Kier alpha value is -3.66. The van der Waals surface area contributed by atoms with Gasteiger partial charge in [-0.15, -0.1) is 11.3 Å². The number of nitrogens with one attached hydrogen (secondary N) is 2. The molecule has 10 heteroatoms. The van der Waals surface area contributed by atoms with Crippen molar-refractivity contribution in [1.29, 1.82) is 0 Å². The molecule has 0 spiro atoms. The van der Waals surface area contributed by atoms with Gasteiger partial charge < -0.3 is 20.0 Å². The van der Waals surface area contributed by atoms with Gasteiger partial charge in [-0.1, -0.05) is 24.3 Å². The number of carbonyl (C=O) groups excluding carboxylic acids is 4. The Balaban J connectivity index is 1.41. The lowest BCUT2D eigenvalue weighted by molar-refractivity contribution is -0.140. The van der Waals surface area contributed by atoms with E-state index in [9.17, 15) is 19.2 Å². The number of likely N-dealkylation sites (N-methyl/N-ethyl adjacent to an activating group) is 1. The number of furan rings is 1. The largest absolute Gasteiger partial charge is 0.458 e. The van der Waals surface area contributed by atoms with Crippen molar-refractivity contribution in [3.8, 4) is 0 Å². The van der Waals surface area contributed by atoms with E-state index < -0.39 is 29.9 Å². The predicted molar refractivity (Wildman–Crippen MR) is 122 cm³/mol. The van der Waals surface area contributed by atoms with Crippen LogP contribution in [0.25, 0.3) is 11.0 Å². The Kier molecular flexibility index (Phi) is 6.19. The second-order valence-electron chi connectivity index (χ2n) is 7.86. The minimum absolute atomic E-state index is 0.162. The molecule has 1 aliphatic heterocycles. The maximum absolute atomic E-state index is 13.2. The molecule has 3 heterocycles. The van der Waals surface area contributed by atoms with Crippen LogP contribution in [0.2, 0.25) is 0 Å². The summed E-state index contributed by atoms with van der Waals surface area (Å²) in [6, 6.07) is 12.1. The van der Waals surface area contributed by atoms with Crippen LogP contribution in [0.3, 0.4) is 0 Å². The lowest BCUT2D eigenvalue weighted by atomic mass is 9.99. The molecular weight excluding hydrogens is 444 g/mol. The van der Waals surface area contributed by atoms with Crippen LogP contribution < -0.4 is 10.6 Å². The highest BCUT2D eigenvalue weighted by Crippen LogP contribution is 2.33. The van der Waals surface area contributed by atoms with E-state index in [1.54, 1.807) is 26.0 Å². The van der Waals surface area contributed by atoms with Gasteiger partial charge in [-0.05, 0) is 37.4 Å². The van der Waals surface area contributed by atoms with Gasteiger partial charge >= 0.3 is 6.03 Å². The highest BCUT2D eigenvalue weighted by molar-refractivity contribution is 7.09. The molecule has 0 aliphatic carbocycles. The summed E-state index contributed by atoms with van der Waals surface area (Å²) in [6.07, 6.45) is 0. The maximum Gasteiger partial charge on any atom is 0.325 e. The van der Waals surface area contributed by atoms with Crippen molar-refractivity contribution < 1.29 is 23.6 Å². The summed E-state index contributed by atoms with van der Waals surface area (Å²) in [4.78, 5) is 54.0. The van der Waals surface area contributed by atoms with Crippen LogP contribution in [0.15, 0.2) is 52.3 Å². The van der Waals surface area contributed by atoms with E-state index in [0.29, 0.717) is 12.1 Å². The van der Waals surface area contributed by atoms with Crippen molar-refractivity contribution in [2.24, 2.45) is 0 Å². The summed E-state index contributed by atoms with van der Waals surface area (Å²) >= 11 is 1.53. The van der Waals surface area contributed by atoms with Gasteiger partial charge in [0.1, 0.15) is 17.9 Å². The van der Waals surface area contributed by atoms with Crippen LogP contribution in [0.5, 0.6) is 0 Å². The van der Waals surface area contributed by atoms with E-state index in [1.165, 1.54) is 16.2 Å². The van der Waals surface area contributed by atoms with E-state index in [0.717, 1.165) is 15.2 Å². The van der Waals surface area contributed by atoms with E-state index in [1.807, 2.05) is 35.7 Å². The van der Waals surface area contributed by atoms with Crippen LogP contribution in [-0.4, -0.2) is 53.2 Å². The number of thiophene rings is 1. The normalized spacial score (nSPS) is 17.9. The second kappa shape index (κ2) is 9.07. The molecule has 4 rings (SSSR count). The molecule has 5 amide bonds. The number of fused-ring (bicyclic) bond motifs is 1. The molecule has 1 unspecified atom stereocenters. The van der Waals surface area contributed by atoms with Crippen molar-refractivity contribution >= 4 is 46.1 Å². The summed E-state index contributed by atoms with van der Waals surface area (Å²) < 4.78 is 5.80. The zero-order chi connectivity index (χ0) is 23.6. The number of amides is 5. The van der Waals surface area contributed by atoms with Crippen LogP contribution in [0.4, 0.5) is 4.79 Å². The molecule has 1 fully saturated rings. The van der Waals surface area contributed by atoms with E-state index >= 15 is 0 Å². The van der Waals surface area contributed by atoms with Crippen molar-refractivity contribution in [1.82, 2.24) is 20.4 Å². The van der Waals surface area contributed by atoms with Crippen molar-refractivity contribution in [3.63, 3.8) is 0 Å². The van der Waals surface area contributed by atoms with E-state index in [4.69, 9.17) is 4.42 Å². The molecule has 0 radical (unpaired) electrons. The molecular formula is C23H24N4O5S. The molecule has 0 bridgehead atoms. The number of hydrogen-bond donors (Lipinski definition) is 2. The molecule has 0 saturated carbocycles. The lowest BCUT2D eigenvalue weighted by Crippen LogP contribution is -2.47. The first kappa shape index (κ1) is 22.5. The van der Waals surface area contributed by atoms with Gasteiger partial charge in [0, 0.05) is 16.8 Å². The molecule has 1 aliphatic rings. The smallest absolute Gasteiger partial charge is 0.325 e. The van der Waals surface area contributed by atoms with Gasteiger partial charge in [-0.2, -0.15) is 0 Å². The minimum atomic E-state index is -1.43. The minimum Gasteiger partial charge on any atom is -0.458 e. The molecule has 9 nitrogen and oxygen atoms in total. The van der Waals surface area contributed by atoms with Gasteiger partial charge in [0.15, 0.2) is 5.54 Å². The fourth-order valence-corrected chi connectivity index (χ4v) is 4.32. The summed E-state index contributed by atoms with van der Waals surface area (Å²) in [7, 11) is 0. The monoisotopic (exact) mass is 468 g/mol. The Labute approximate surface area is 194 Å². The van der Waals surface area contributed by atoms with Crippen molar-refractivity contribution in [3.05, 3.63) is 58.5 Å². The number of carbonyl (C=O) groups is 4. The summed E-state index contributed by atoms with van der Waals surface area (Å²) in [5.74, 6) is -1.11. The fourth-order valence-electron chi connectivity index (χ4n) is 3.68. The Bertz CT molecular complexity index is 1170.